The molecule has 0 radical (unpaired) electrons. The zero-order valence-electron chi connectivity index (χ0n) is 22.1. The molecule has 1 saturated carbocycles. The summed E-state index contributed by atoms with van der Waals surface area (Å²) >= 11 is 9.58. The van der Waals surface area contributed by atoms with Crippen LogP contribution in [0, 0.1) is 15.9 Å². The Morgan fingerprint density at radius 1 is 1.21 bits per heavy atom. The molecular weight excluding hydrogens is 633 g/mol. The lowest BCUT2D eigenvalue weighted by atomic mass is 9.88. The summed E-state index contributed by atoms with van der Waals surface area (Å²) in [6.45, 7) is -0.626. The average molecular weight is 657 g/mol. The molecule has 4 aromatic rings. The second-order valence-electron chi connectivity index (χ2n) is 9.78. The van der Waals surface area contributed by atoms with Crippen LogP contribution in [0.2, 0.25) is 5.02 Å². The molecule has 0 unspecified atom stereocenters. The number of amides is 1. The molecule has 1 heterocycles. The van der Waals surface area contributed by atoms with Crippen LogP contribution in [0.1, 0.15) is 49.4 Å². The maximum absolute atomic E-state index is 13.6. The molecule has 1 fully saturated rings. The fourth-order valence-electron chi connectivity index (χ4n) is 4.91. The van der Waals surface area contributed by atoms with Gasteiger partial charge in [0.1, 0.15) is 11.6 Å². The number of anilines is 1. The summed E-state index contributed by atoms with van der Waals surface area (Å²) in [6.07, 6.45) is 6.03. The molecule has 1 aromatic heterocycles. The minimum atomic E-state index is -0.697. The largest absolute Gasteiger partial charge is 0.476 e. The summed E-state index contributed by atoms with van der Waals surface area (Å²) in [5.41, 5.74) is -0.0823. The van der Waals surface area contributed by atoms with Crippen LogP contribution in [-0.4, -0.2) is 33.3 Å². The summed E-state index contributed by atoms with van der Waals surface area (Å²) in [6, 6.07) is 13.0. The van der Waals surface area contributed by atoms with Crippen molar-refractivity contribution in [1.29, 1.82) is 0 Å². The first-order chi connectivity index (χ1) is 20.2. The van der Waals surface area contributed by atoms with Gasteiger partial charge in [-0.15, -0.1) is 0 Å². The standard InChI is InChI=1S/C29H24BrClFN5O5/c30-19-9-10-24-23(12-19)29(39)36(28(35-24)17-5-2-1-3-6-17)33-15-18-11-20(31)13-25(37(40)41)27(18)42-16-26(38)34-22-8-4-7-21(32)14-22/h4,7-15,17H,1-3,5-6,16H2,(H,34,38). The van der Waals surface area contributed by atoms with Gasteiger partial charge < -0.3 is 10.1 Å². The number of carbonyl (C=O) groups excluding carboxylic acids is 1. The van der Waals surface area contributed by atoms with Crippen LogP contribution in [0.25, 0.3) is 10.9 Å². The van der Waals surface area contributed by atoms with Crippen molar-refractivity contribution in [3.8, 4) is 5.75 Å². The number of hydrogen-bond acceptors (Lipinski definition) is 7. The van der Waals surface area contributed by atoms with E-state index in [4.69, 9.17) is 21.3 Å². The number of aromatic nitrogens is 2. The molecule has 0 saturated heterocycles. The molecule has 1 aliphatic rings. The molecule has 216 valence electrons. The van der Waals surface area contributed by atoms with Crippen LogP contribution in [0.5, 0.6) is 5.75 Å². The Morgan fingerprint density at radius 2 is 2.00 bits per heavy atom. The molecule has 0 bridgehead atoms. The Kier molecular flexibility index (Phi) is 8.93. The predicted molar refractivity (Wildman–Crippen MR) is 161 cm³/mol. The fraction of sp³-hybridized carbons (Fsp3) is 0.241. The van der Waals surface area contributed by atoms with Gasteiger partial charge in [-0.1, -0.05) is 52.9 Å². The fourth-order valence-corrected chi connectivity index (χ4v) is 5.49. The zero-order valence-corrected chi connectivity index (χ0v) is 24.4. The molecule has 1 N–H and O–H groups in total. The number of hydrogen-bond donors (Lipinski definition) is 1. The number of nitro groups is 1. The molecular formula is C29H24BrClFN5O5. The topological polar surface area (TPSA) is 129 Å². The SMILES string of the molecule is O=C(COc1c(C=Nn2c(C3CCCCC3)nc3ccc(Br)cc3c2=O)cc(Cl)cc1[N+](=O)[O-])Nc1cccc(F)c1. The van der Waals surface area contributed by atoms with Crippen molar-refractivity contribution in [2.45, 2.75) is 38.0 Å². The van der Waals surface area contributed by atoms with E-state index < -0.39 is 34.5 Å². The lowest BCUT2D eigenvalue weighted by molar-refractivity contribution is -0.385. The highest BCUT2D eigenvalue weighted by atomic mass is 79.9. The average Bonchev–Trinajstić information content (AvgIpc) is 2.96. The lowest BCUT2D eigenvalue weighted by Gasteiger charge is -2.22. The number of ether oxygens (including phenoxy) is 1. The quantitative estimate of drug-likeness (QED) is 0.126. The summed E-state index contributed by atoms with van der Waals surface area (Å²) in [7, 11) is 0. The highest BCUT2D eigenvalue weighted by molar-refractivity contribution is 9.10. The second-order valence-corrected chi connectivity index (χ2v) is 11.1. The van der Waals surface area contributed by atoms with Crippen LogP contribution < -0.4 is 15.6 Å². The van der Waals surface area contributed by atoms with Crippen LogP contribution in [-0.2, 0) is 4.79 Å². The van der Waals surface area contributed by atoms with Gasteiger partial charge in [0.2, 0.25) is 5.75 Å². The number of nitrogens with one attached hydrogen (secondary N) is 1. The summed E-state index contributed by atoms with van der Waals surface area (Å²) < 4.78 is 21.0. The first-order valence-electron chi connectivity index (χ1n) is 13.1. The molecule has 5 rings (SSSR count). The third-order valence-electron chi connectivity index (χ3n) is 6.83. The maximum atomic E-state index is 13.6. The Balaban J connectivity index is 1.53. The van der Waals surface area contributed by atoms with Gasteiger partial charge in [-0.2, -0.15) is 9.78 Å². The molecule has 0 spiro atoms. The molecule has 10 nitrogen and oxygen atoms in total. The first-order valence-corrected chi connectivity index (χ1v) is 14.3. The van der Waals surface area contributed by atoms with Crippen molar-refractivity contribution in [3.63, 3.8) is 0 Å². The van der Waals surface area contributed by atoms with Crippen LogP contribution in [0.4, 0.5) is 15.8 Å². The van der Waals surface area contributed by atoms with E-state index in [9.17, 15) is 24.1 Å². The molecule has 0 atom stereocenters. The number of carbonyl (C=O) groups is 1. The highest BCUT2D eigenvalue weighted by Gasteiger charge is 2.24. The summed E-state index contributed by atoms with van der Waals surface area (Å²) in [5.74, 6) is -0.982. The van der Waals surface area contributed by atoms with Gasteiger partial charge in [0.05, 0.1) is 22.0 Å². The van der Waals surface area contributed by atoms with Gasteiger partial charge >= 0.3 is 5.69 Å². The summed E-state index contributed by atoms with van der Waals surface area (Å²) in [5, 5.41) is 19.2. The smallest absolute Gasteiger partial charge is 0.313 e. The number of halogens is 3. The van der Waals surface area contributed by atoms with Gasteiger partial charge in [-0.3, -0.25) is 19.7 Å². The molecule has 42 heavy (non-hydrogen) atoms. The van der Waals surface area contributed by atoms with Gasteiger partial charge in [0, 0.05) is 32.7 Å². The van der Waals surface area contributed by atoms with Gasteiger partial charge in [-0.05, 0) is 55.3 Å². The van der Waals surface area contributed by atoms with E-state index in [2.05, 4.69) is 26.3 Å². The second kappa shape index (κ2) is 12.8. The Bertz CT molecular complexity index is 1770. The Morgan fingerprint density at radius 3 is 2.74 bits per heavy atom. The molecule has 13 heteroatoms. The number of benzene rings is 3. The zero-order chi connectivity index (χ0) is 29.8. The number of nitrogens with zero attached hydrogens (tertiary/aromatic N) is 4. The molecule has 1 amide bonds. The van der Waals surface area contributed by atoms with Crippen LogP contribution in [0.15, 0.2) is 69.0 Å². The lowest BCUT2D eigenvalue weighted by Crippen LogP contribution is -2.25. The Hall–Kier alpha value is -4.16. The van der Waals surface area contributed by atoms with Gasteiger partial charge in [0.15, 0.2) is 6.61 Å². The van der Waals surface area contributed by atoms with Crippen LogP contribution in [0.3, 0.4) is 0 Å². The number of rotatable bonds is 8. The number of fused-ring (bicyclic) bond motifs is 1. The van der Waals surface area contributed by atoms with E-state index >= 15 is 0 Å². The van der Waals surface area contributed by atoms with E-state index in [1.165, 1.54) is 35.2 Å². The monoisotopic (exact) mass is 655 g/mol. The normalized spacial score (nSPS) is 13.9. The van der Waals surface area contributed by atoms with Gasteiger partial charge in [-0.25, -0.2) is 9.37 Å². The molecule has 3 aromatic carbocycles. The predicted octanol–water partition coefficient (Wildman–Crippen LogP) is 6.81. The highest BCUT2D eigenvalue weighted by Crippen LogP contribution is 2.35. The van der Waals surface area contributed by atoms with E-state index in [0.29, 0.717) is 21.2 Å². The van der Waals surface area contributed by atoms with Crippen molar-refractivity contribution in [3.05, 3.63) is 102 Å². The van der Waals surface area contributed by atoms with E-state index in [-0.39, 0.29) is 27.9 Å². The minimum Gasteiger partial charge on any atom is -0.476 e. The van der Waals surface area contributed by atoms with Crippen LogP contribution >= 0.6 is 27.5 Å². The van der Waals surface area contributed by atoms with Crippen molar-refractivity contribution in [2.75, 3.05) is 11.9 Å². The van der Waals surface area contributed by atoms with Gasteiger partial charge in [0.25, 0.3) is 11.5 Å². The molecule has 1 aliphatic carbocycles. The van der Waals surface area contributed by atoms with E-state index in [0.717, 1.165) is 44.2 Å². The van der Waals surface area contributed by atoms with Crippen molar-refractivity contribution >= 4 is 61.9 Å². The van der Waals surface area contributed by atoms with Crippen molar-refractivity contribution in [1.82, 2.24) is 9.66 Å². The maximum Gasteiger partial charge on any atom is 0.313 e. The third-order valence-corrected chi connectivity index (χ3v) is 7.54. The summed E-state index contributed by atoms with van der Waals surface area (Å²) in [4.78, 5) is 42.1. The van der Waals surface area contributed by atoms with Crippen molar-refractivity contribution in [2.24, 2.45) is 5.10 Å². The third kappa shape index (κ3) is 6.66. The first kappa shape index (κ1) is 29.3. The van der Waals surface area contributed by atoms with E-state index in [1.54, 1.807) is 12.1 Å². The van der Waals surface area contributed by atoms with Crippen molar-refractivity contribution < 1.29 is 18.8 Å². The Labute approximate surface area is 252 Å². The number of nitro benzene ring substituents is 1. The minimum absolute atomic E-state index is 0.00702. The van der Waals surface area contributed by atoms with E-state index in [1.807, 2.05) is 6.07 Å². The molecule has 0 aliphatic heterocycles.